The summed E-state index contributed by atoms with van der Waals surface area (Å²) in [5.74, 6) is 1.24. The summed E-state index contributed by atoms with van der Waals surface area (Å²) in [6.45, 7) is 3.37. The smallest absolute Gasteiger partial charge is 0.143 e. The van der Waals surface area contributed by atoms with Crippen molar-refractivity contribution in [1.29, 1.82) is 5.26 Å². The molecule has 1 saturated carbocycles. The number of anilines is 1. The molecule has 0 aliphatic heterocycles. The van der Waals surface area contributed by atoms with Crippen LogP contribution in [0.5, 0.6) is 5.75 Å². The Labute approximate surface area is 127 Å². The van der Waals surface area contributed by atoms with Gasteiger partial charge in [-0.15, -0.1) is 0 Å². The van der Waals surface area contributed by atoms with Crippen LogP contribution in [0.25, 0.3) is 0 Å². The molecule has 0 spiro atoms. The van der Waals surface area contributed by atoms with Gasteiger partial charge >= 0.3 is 0 Å². The minimum Gasteiger partial charge on any atom is -0.490 e. The van der Waals surface area contributed by atoms with Gasteiger partial charge in [0.05, 0.1) is 6.07 Å². The number of nitriles is 1. The van der Waals surface area contributed by atoms with E-state index < -0.39 is 5.54 Å². The minimum absolute atomic E-state index is 0.408. The number of rotatable bonds is 8. The van der Waals surface area contributed by atoms with E-state index in [9.17, 15) is 5.26 Å². The van der Waals surface area contributed by atoms with E-state index in [0.29, 0.717) is 12.5 Å². The summed E-state index contributed by atoms with van der Waals surface area (Å²) in [7, 11) is 4.01. The second-order valence-corrected chi connectivity index (χ2v) is 5.96. The molecule has 1 aliphatic rings. The SMILES string of the molecule is CCCNC(C#N)(COc1cccc(N(C)C)c1)C1CC1. The van der Waals surface area contributed by atoms with Crippen molar-refractivity contribution in [3.63, 3.8) is 0 Å². The molecule has 1 unspecified atom stereocenters. The Bertz CT molecular complexity index is 505. The Morgan fingerprint density at radius 2 is 2.19 bits per heavy atom. The summed E-state index contributed by atoms with van der Waals surface area (Å²) in [4.78, 5) is 2.04. The van der Waals surface area contributed by atoms with Gasteiger partial charge in [0.2, 0.25) is 0 Å². The number of nitrogens with one attached hydrogen (secondary N) is 1. The lowest BCUT2D eigenvalue weighted by molar-refractivity contribution is 0.202. The van der Waals surface area contributed by atoms with Crippen LogP contribution in [-0.4, -0.2) is 32.8 Å². The van der Waals surface area contributed by atoms with Gasteiger partial charge in [0.25, 0.3) is 0 Å². The largest absolute Gasteiger partial charge is 0.490 e. The number of hydrogen-bond donors (Lipinski definition) is 1. The Balaban J connectivity index is 2.04. The molecule has 0 bridgehead atoms. The molecule has 4 heteroatoms. The standard InChI is InChI=1S/C17H25N3O/c1-4-10-19-17(12-18,14-8-9-14)13-21-16-7-5-6-15(11-16)20(2)3/h5-7,11,14,19H,4,8-10,13H2,1-3H3. The first-order chi connectivity index (χ1) is 10.1. The van der Waals surface area contributed by atoms with E-state index in [1.165, 1.54) is 0 Å². The summed E-state index contributed by atoms with van der Waals surface area (Å²) >= 11 is 0. The van der Waals surface area contributed by atoms with Crippen LogP contribution in [0.1, 0.15) is 26.2 Å². The second-order valence-electron chi connectivity index (χ2n) is 5.96. The van der Waals surface area contributed by atoms with Crippen LogP contribution in [0.15, 0.2) is 24.3 Å². The lowest BCUT2D eigenvalue weighted by Gasteiger charge is -2.28. The molecule has 1 fully saturated rings. The van der Waals surface area contributed by atoms with Crippen molar-refractivity contribution in [2.45, 2.75) is 31.7 Å². The van der Waals surface area contributed by atoms with Crippen molar-refractivity contribution in [3.8, 4) is 11.8 Å². The van der Waals surface area contributed by atoms with Crippen molar-refractivity contribution >= 4 is 5.69 Å². The average Bonchev–Trinajstić information content (AvgIpc) is 3.33. The molecule has 21 heavy (non-hydrogen) atoms. The van der Waals surface area contributed by atoms with Crippen molar-refractivity contribution in [2.75, 3.05) is 32.1 Å². The van der Waals surface area contributed by atoms with Crippen molar-refractivity contribution in [3.05, 3.63) is 24.3 Å². The lowest BCUT2D eigenvalue weighted by atomic mass is 9.96. The third-order valence-corrected chi connectivity index (χ3v) is 3.96. The molecule has 1 N–H and O–H groups in total. The Morgan fingerprint density at radius 1 is 1.43 bits per heavy atom. The summed E-state index contributed by atoms with van der Waals surface area (Å²) in [5.41, 5.74) is 0.562. The Kier molecular flexibility index (Phi) is 5.08. The number of hydrogen-bond acceptors (Lipinski definition) is 4. The normalized spacial score (nSPS) is 16.9. The highest BCUT2D eigenvalue weighted by Gasteiger charge is 2.46. The fraction of sp³-hybridized carbons (Fsp3) is 0.588. The van der Waals surface area contributed by atoms with E-state index in [-0.39, 0.29) is 0 Å². The van der Waals surface area contributed by atoms with Crippen LogP contribution in [0.4, 0.5) is 5.69 Å². The molecule has 0 radical (unpaired) electrons. The van der Waals surface area contributed by atoms with E-state index in [0.717, 1.165) is 37.2 Å². The zero-order chi connectivity index (χ0) is 15.3. The molecule has 1 aromatic carbocycles. The quantitative estimate of drug-likeness (QED) is 0.798. The van der Waals surface area contributed by atoms with Gasteiger partial charge in [-0.1, -0.05) is 13.0 Å². The number of benzene rings is 1. The molecule has 0 saturated heterocycles. The summed E-state index contributed by atoms with van der Waals surface area (Å²) in [6, 6.07) is 10.5. The van der Waals surface area contributed by atoms with Gasteiger partial charge in [-0.25, -0.2) is 0 Å². The van der Waals surface area contributed by atoms with E-state index in [2.05, 4.69) is 18.3 Å². The summed E-state index contributed by atoms with van der Waals surface area (Å²) in [6.07, 6.45) is 3.25. The van der Waals surface area contributed by atoms with Crippen molar-refractivity contribution < 1.29 is 4.74 Å². The molecular formula is C17H25N3O. The first kappa shape index (κ1) is 15.7. The molecule has 114 valence electrons. The summed E-state index contributed by atoms with van der Waals surface area (Å²) in [5, 5.41) is 13.0. The predicted molar refractivity (Wildman–Crippen MR) is 85.6 cm³/mol. The molecule has 0 aromatic heterocycles. The van der Waals surface area contributed by atoms with Crippen LogP contribution in [0.2, 0.25) is 0 Å². The van der Waals surface area contributed by atoms with Crippen LogP contribution in [0, 0.1) is 17.2 Å². The molecule has 1 aliphatic carbocycles. The van der Waals surface area contributed by atoms with E-state index in [4.69, 9.17) is 4.74 Å². The third-order valence-electron chi connectivity index (χ3n) is 3.96. The molecule has 0 amide bonds. The highest BCUT2D eigenvalue weighted by atomic mass is 16.5. The zero-order valence-corrected chi connectivity index (χ0v) is 13.2. The van der Waals surface area contributed by atoms with Crippen molar-refractivity contribution in [2.24, 2.45) is 5.92 Å². The third kappa shape index (κ3) is 3.89. The van der Waals surface area contributed by atoms with Gasteiger partial charge in [-0.3, -0.25) is 5.32 Å². The van der Waals surface area contributed by atoms with Gasteiger partial charge in [0.15, 0.2) is 0 Å². The predicted octanol–water partition coefficient (Wildman–Crippen LogP) is 2.80. The van der Waals surface area contributed by atoms with Crippen LogP contribution in [0.3, 0.4) is 0 Å². The second kappa shape index (κ2) is 6.82. The van der Waals surface area contributed by atoms with Gasteiger partial charge in [-0.2, -0.15) is 5.26 Å². The maximum Gasteiger partial charge on any atom is 0.143 e. The lowest BCUT2D eigenvalue weighted by Crippen LogP contribution is -2.51. The fourth-order valence-electron chi connectivity index (χ4n) is 2.45. The molecule has 2 rings (SSSR count). The van der Waals surface area contributed by atoms with Gasteiger partial charge in [-0.05, 0) is 43.9 Å². The molecule has 1 aromatic rings. The molecule has 0 heterocycles. The summed E-state index contributed by atoms with van der Waals surface area (Å²) < 4.78 is 5.94. The maximum atomic E-state index is 9.63. The van der Waals surface area contributed by atoms with E-state index >= 15 is 0 Å². The number of nitrogens with zero attached hydrogens (tertiary/aromatic N) is 2. The Hall–Kier alpha value is -1.73. The molecule has 1 atom stereocenters. The van der Waals surface area contributed by atoms with E-state index in [1.807, 2.05) is 43.3 Å². The average molecular weight is 287 g/mol. The zero-order valence-electron chi connectivity index (χ0n) is 13.2. The van der Waals surface area contributed by atoms with Crippen LogP contribution < -0.4 is 15.0 Å². The highest BCUT2D eigenvalue weighted by molar-refractivity contribution is 5.49. The fourth-order valence-corrected chi connectivity index (χ4v) is 2.45. The topological polar surface area (TPSA) is 48.3 Å². The molecular weight excluding hydrogens is 262 g/mol. The maximum absolute atomic E-state index is 9.63. The van der Waals surface area contributed by atoms with Gasteiger partial charge in [0.1, 0.15) is 17.9 Å². The number of ether oxygens (including phenoxy) is 1. The molecule has 4 nitrogen and oxygen atoms in total. The first-order valence-electron chi connectivity index (χ1n) is 7.68. The van der Waals surface area contributed by atoms with E-state index in [1.54, 1.807) is 0 Å². The van der Waals surface area contributed by atoms with Crippen LogP contribution >= 0.6 is 0 Å². The van der Waals surface area contributed by atoms with Gasteiger partial charge < -0.3 is 9.64 Å². The van der Waals surface area contributed by atoms with Gasteiger partial charge in [0, 0.05) is 25.8 Å². The highest BCUT2D eigenvalue weighted by Crippen LogP contribution is 2.40. The monoisotopic (exact) mass is 287 g/mol. The van der Waals surface area contributed by atoms with Crippen molar-refractivity contribution in [1.82, 2.24) is 5.32 Å². The minimum atomic E-state index is -0.538. The Morgan fingerprint density at radius 3 is 2.76 bits per heavy atom. The first-order valence-corrected chi connectivity index (χ1v) is 7.68. The van der Waals surface area contributed by atoms with Crippen LogP contribution in [-0.2, 0) is 0 Å².